The number of carbonyl (C=O) groups is 2. The van der Waals surface area contributed by atoms with Crippen LogP contribution in [0.4, 0.5) is 20.2 Å². The van der Waals surface area contributed by atoms with Gasteiger partial charge in [0.1, 0.15) is 17.4 Å². The highest BCUT2D eigenvalue weighted by Crippen LogP contribution is 2.26. The molecule has 2 aromatic carbocycles. The van der Waals surface area contributed by atoms with E-state index >= 15 is 0 Å². The second kappa shape index (κ2) is 7.54. The van der Waals surface area contributed by atoms with E-state index in [1.165, 1.54) is 31.2 Å². The van der Waals surface area contributed by atoms with Crippen molar-refractivity contribution in [2.45, 2.75) is 13.8 Å². The molecule has 2 aromatic rings. The average Bonchev–Trinajstić information content (AvgIpc) is 2.51. The molecule has 0 fully saturated rings. The van der Waals surface area contributed by atoms with E-state index in [9.17, 15) is 18.4 Å². The summed E-state index contributed by atoms with van der Waals surface area (Å²) in [7, 11) is 0. The van der Waals surface area contributed by atoms with Gasteiger partial charge >= 0.3 is 0 Å². The van der Waals surface area contributed by atoms with Crippen molar-refractivity contribution in [3.8, 4) is 5.75 Å². The van der Waals surface area contributed by atoms with Crippen LogP contribution in [0.3, 0.4) is 0 Å². The van der Waals surface area contributed by atoms with Crippen molar-refractivity contribution in [3.63, 3.8) is 0 Å². The number of carbonyl (C=O) groups excluding carboxylic acids is 2. The molecule has 126 valence electrons. The van der Waals surface area contributed by atoms with E-state index in [-0.39, 0.29) is 28.6 Å². The zero-order valence-electron chi connectivity index (χ0n) is 13.2. The number of ether oxygens (including phenoxy) is 1. The molecule has 0 aliphatic rings. The number of hydrogen-bond donors (Lipinski definition) is 2. The molecule has 0 aliphatic heterocycles. The third kappa shape index (κ3) is 4.28. The number of benzene rings is 2. The molecule has 0 bridgehead atoms. The van der Waals surface area contributed by atoms with Gasteiger partial charge in [-0.3, -0.25) is 9.59 Å². The highest BCUT2D eigenvalue weighted by molar-refractivity contribution is 6.06. The van der Waals surface area contributed by atoms with Crippen LogP contribution < -0.4 is 15.4 Å². The Hall–Kier alpha value is -2.96. The highest BCUT2D eigenvalue weighted by atomic mass is 19.1. The van der Waals surface area contributed by atoms with Gasteiger partial charge in [0.25, 0.3) is 5.91 Å². The first kappa shape index (κ1) is 17.4. The summed E-state index contributed by atoms with van der Waals surface area (Å²) >= 11 is 0. The first-order valence-corrected chi connectivity index (χ1v) is 7.21. The third-order valence-electron chi connectivity index (χ3n) is 3.02. The number of amides is 2. The summed E-state index contributed by atoms with van der Waals surface area (Å²) in [4.78, 5) is 23.4. The Kier molecular flexibility index (Phi) is 5.47. The number of hydrogen-bond acceptors (Lipinski definition) is 3. The van der Waals surface area contributed by atoms with Crippen LogP contribution in [-0.2, 0) is 4.79 Å². The fourth-order valence-electron chi connectivity index (χ4n) is 2.05. The first-order chi connectivity index (χ1) is 11.4. The maximum atomic E-state index is 13.9. The maximum absolute atomic E-state index is 13.9. The summed E-state index contributed by atoms with van der Waals surface area (Å²) in [5, 5.41) is 4.88. The van der Waals surface area contributed by atoms with Crippen molar-refractivity contribution in [2.24, 2.45) is 0 Å². The minimum absolute atomic E-state index is 0.0891. The lowest BCUT2D eigenvalue weighted by Crippen LogP contribution is -2.16. The standard InChI is InChI=1S/C17H16F2N2O3/c1-3-24-16-7-4-11(18)8-15(16)21-17(23)13-9-12(20-10(2)22)5-6-14(13)19/h4-9H,3H2,1-2H3,(H,20,22)(H,21,23). The Bertz CT molecular complexity index is 778. The van der Waals surface area contributed by atoms with Gasteiger partial charge < -0.3 is 15.4 Å². The number of nitrogens with one attached hydrogen (secondary N) is 2. The lowest BCUT2D eigenvalue weighted by molar-refractivity contribution is -0.114. The summed E-state index contributed by atoms with van der Waals surface area (Å²) in [5.74, 6) is -2.20. The molecule has 2 rings (SSSR count). The van der Waals surface area contributed by atoms with Crippen LogP contribution in [0.2, 0.25) is 0 Å². The summed E-state index contributed by atoms with van der Waals surface area (Å²) in [6, 6.07) is 7.25. The predicted molar refractivity (Wildman–Crippen MR) is 86.2 cm³/mol. The minimum Gasteiger partial charge on any atom is -0.492 e. The van der Waals surface area contributed by atoms with Gasteiger partial charge in [-0.15, -0.1) is 0 Å². The van der Waals surface area contributed by atoms with Crippen molar-refractivity contribution < 1.29 is 23.1 Å². The SMILES string of the molecule is CCOc1ccc(F)cc1NC(=O)c1cc(NC(C)=O)ccc1F. The minimum atomic E-state index is -0.786. The molecule has 0 aromatic heterocycles. The van der Waals surface area contributed by atoms with Gasteiger partial charge in [0.15, 0.2) is 0 Å². The lowest BCUT2D eigenvalue weighted by atomic mass is 10.1. The Morgan fingerprint density at radius 3 is 2.50 bits per heavy atom. The van der Waals surface area contributed by atoms with Crippen molar-refractivity contribution >= 4 is 23.2 Å². The van der Waals surface area contributed by atoms with Crippen LogP contribution in [-0.4, -0.2) is 18.4 Å². The van der Waals surface area contributed by atoms with E-state index in [4.69, 9.17) is 4.74 Å². The van der Waals surface area contributed by atoms with Crippen molar-refractivity contribution in [2.75, 3.05) is 17.2 Å². The quantitative estimate of drug-likeness (QED) is 0.878. The second-order valence-electron chi connectivity index (χ2n) is 4.90. The van der Waals surface area contributed by atoms with Gasteiger partial charge in [0.2, 0.25) is 5.91 Å². The Labute approximate surface area is 137 Å². The van der Waals surface area contributed by atoms with E-state index in [1.54, 1.807) is 6.92 Å². The molecule has 0 radical (unpaired) electrons. The molecule has 7 heteroatoms. The van der Waals surface area contributed by atoms with Crippen LogP contribution in [0, 0.1) is 11.6 Å². The molecular formula is C17H16F2N2O3. The topological polar surface area (TPSA) is 67.4 Å². The van der Waals surface area contributed by atoms with Gasteiger partial charge in [-0.1, -0.05) is 0 Å². The van der Waals surface area contributed by atoms with Crippen molar-refractivity contribution in [1.29, 1.82) is 0 Å². The third-order valence-corrected chi connectivity index (χ3v) is 3.02. The average molecular weight is 334 g/mol. The zero-order chi connectivity index (χ0) is 17.7. The lowest BCUT2D eigenvalue weighted by Gasteiger charge is -2.12. The van der Waals surface area contributed by atoms with E-state index in [2.05, 4.69) is 10.6 Å². The van der Waals surface area contributed by atoms with E-state index in [0.717, 1.165) is 12.1 Å². The summed E-state index contributed by atoms with van der Waals surface area (Å²) < 4.78 is 32.6. The van der Waals surface area contributed by atoms with Crippen LogP contribution in [0.25, 0.3) is 0 Å². The molecule has 0 atom stereocenters. The van der Waals surface area contributed by atoms with Gasteiger partial charge in [-0.25, -0.2) is 8.78 Å². The Balaban J connectivity index is 2.30. The Morgan fingerprint density at radius 1 is 1.08 bits per heavy atom. The van der Waals surface area contributed by atoms with Crippen LogP contribution >= 0.6 is 0 Å². The largest absolute Gasteiger partial charge is 0.492 e. The predicted octanol–water partition coefficient (Wildman–Crippen LogP) is 3.57. The van der Waals surface area contributed by atoms with Gasteiger partial charge in [-0.05, 0) is 37.3 Å². The van der Waals surface area contributed by atoms with Crippen LogP contribution in [0.15, 0.2) is 36.4 Å². The van der Waals surface area contributed by atoms with E-state index < -0.39 is 17.5 Å². The molecule has 0 spiro atoms. The molecule has 0 aliphatic carbocycles. The summed E-state index contributed by atoms with van der Waals surface area (Å²) in [5.41, 5.74) is 0.0810. The number of rotatable bonds is 5. The van der Waals surface area contributed by atoms with Crippen LogP contribution in [0.5, 0.6) is 5.75 Å². The monoisotopic (exact) mass is 334 g/mol. The van der Waals surface area contributed by atoms with Crippen LogP contribution in [0.1, 0.15) is 24.2 Å². The van der Waals surface area contributed by atoms with E-state index in [1.807, 2.05) is 0 Å². The van der Waals surface area contributed by atoms with Crippen molar-refractivity contribution in [3.05, 3.63) is 53.6 Å². The molecule has 0 heterocycles. The smallest absolute Gasteiger partial charge is 0.258 e. The maximum Gasteiger partial charge on any atom is 0.258 e. The van der Waals surface area contributed by atoms with Crippen molar-refractivity contribution in [1.82, 2.24) is 0 Å². The molecule has 2 amide bonds. The van der Waals surface area contributed by atoms with Gasteiger partial charge in [-0.2, -0.15) is 0 Å². The molecule has 0 saturated heterocycles. The molecule has 0 saturated carbocycles. The molecule has 2 N–H and O–H groups in total. The molecular weight excluding hydrogens is 318 g/mol. The normalized spacial score (nSPS) is 10.2. The number of halogens is 2. The summed E-state index contributed by atoms with van der Waals surface area (Å²) in [6.45, 7) is 3.36. The zero-order valence-corrected chi connectivity index (χ0v) is 13.2. The molecule has 0 unspecified atom stereocenters. The molecule has 24 heavy (non-hydrogen) atoms. The fraction of sp³-hybridized carbons (Fsp3) is 0.176. The number of anilines is 2. The Morgan fingerprint density at radius 2 is 1.83 bits per heavy atom. The second-order valence-corrected chi connectivity index (χ2v) is 4.90. The highest BCUT2D eigenvalue weighted by Gasteiger charge is 2.16. The molecule has 5 nitrogen and oxygen atoms in total. The van der Waals surface area contributed by atoms with E-state index in [0.29, 0.717) is 6.61 Å². The van der Waals surface area contributed by atoms with Gasteiger partial charge in [0, 0.05) is 18.7 Å². The fourth-order valence-corrected chi connectivity index (χ4v) is 2.05. The van der Waals surface area contributed by atoms with Gasteiger partial charge in [0.05, 0.1) is 17.9 Å². The first-order valence-electron chi connectivity index (χ1n) is 7.21. The summed E-state index contributed by atoms with van der Waals surface area (Å²) in [6.07, 6.45) is 0.